The van der Waals surface area contributed by atoms with Crippen molar-refractivity contribution in [3.8, 4) is 0 Å². The third kappa shape index (κ3) is 3.66. The van der Waals surface area contributed by atoms with Gasteiger partial charge in [0.2, 0.25) is 0 Å². The van der Waals surface area contributed by atoms with E-state index in [1.165, 1.54) is 12.0 Å². The topological polar surface area (TPSA) is 65.5 Å². The van der Waals surface area contributed by atoms with Gasteiger partial charge >= 0.3 is 6.03 Å². The number of nitrogens with zero attached hydrogens (tertiary/aromatic N) is 2. The molecule has 5 nitrogen and oxygen atoms in total. The van der Waals surface area contributed by atoms with Gasteiger partial charge in [0, 0.05) is 37.9 Å². The molecular formula is C18H27N3O2. The number of likely N-dealkylation sites (tertiary alicyclic amines) is 1. The number of carbonyl (C=O) groups excluding carboxylic acids is 1. The molecule has 0 bridgehead atoms. The molecule has 0 aromatic carbocycles. The number of hydrogen-bond donors (Lipinski definition) is 2. The summed E-state index contributed by atoms with van der Waals surface area (Å²) in [5.41, 5.74) is 1.86. The zero-order chi connectivity index (χ0) is 16.3. The molecule has 2 fully saturated rings. The van der Waals surface area contributed by atoms with Crippen LogP contribution in [0.3, 0.4) is 0 Å². The van der Waals surface area contributed by atoms with E-state index in [0.717, 1.165) is 31.2 Å². The number of aromatic nitrogens is 1. The highest BCUT2D eigenvalue weighted by Crippen LogP contribution is 2.39. The Morgan fingerprint density at radius 2 is 2.35 bits per heavy atom. The number of aliphatic hydroxyl groups is 1. The van der Waals surface area contributed by atoms with Crippen molar-refractivity contribution >= 4 is 6.03 Å². The quantitative estimate of drug-likeness (QED) is 0.899. The zero-order valence-corrected chi connectivity index (χ0v) is 13.9. The molecule has 3 rings (SSSR count). The van der Waals surface area contributed by atoms with Crippen molar-refractivity contribution in [2.24, 2.45) is 5.92 Å². The molecule has 1 aromatic rings. The molecule has 0 spiro atoms. The summed E-state index contributed by atoms with van der Waals surface area (Å²) >= 11 is 0. The molecule has 2 N–H and O–H groups in total. The van der Waals surface area contributed by atoms with Gasteiger partial charge < -0.3 is 15.3 Å². The molecule has 0 radical (unpaired) electrons. The summed E-state index contributed by atoms with van der Waals surface area (Å²) in [4.78, 5) is 18.3. The van der Waals surface area contributed by atoms with Crippen molar-refractivity contribution in [1.82, 2.24) is 15.2 Å². The lowest BCUT2D eigenvalue weighted by molar-refractivity contribution is -0.0870. The largest absolute Gasteiger partial charge is 0.389 e. The fourth-order valence-corrected chi connectivity index (χ4v) is 3.95. The highest BCUT2D eigenvalue weighted by atomic mass is 16.3. The van der Waals surface area contributed by atoms with Gasteiger partial charge in [-0.3, -0.25) is 4.98 Å². The van der Waals surface area contributed by atoms with Crippen LogP contribution < -0.4 is 5.32 Å². The maximum absolute atomic E-state index is 12.4. The molecule has 1 aromatic heterocycles. The normalized spacial score (nSPS) is 27.4. The lowest BCUT2D eigenvalue weighted by Gasteiger charge is -2.47. The summed E-state index contributed by atoms with van der Waals surface area (Å²) in [7, 11) is 0. The van der Waals surface area contributed by atoms with Gasteiger partial charge in [0.15, 0.2) is 0 Å². The van der Waals surface area contributed by atoms with E-state index >= 15 is 0 Å². The molecule has 1 aliphatic carbocycles. The van der Waals surface area contributed by atoms with Gasteiger partial charge in [-0.15, -0.1) is 0 Å². The maximum Gasteiger partial charge on any atom is 0.317 e. The number of aryl methyl sites for hydroxylation is 1. The molecule has 2 unspecified atom stereocenters. The molecule has 1 aliphatic heterocycles. The first kappa shape index (κ1) is 16.2. The van der Waals surface area contributed by atoms with Gasteiger partial charge in [-0.25, -0.2) is 4.79 Å². The summed E-state index contributed by atoms with van der Waals surface area (Å²) in [6.45, 7) is 4.03. The molecule has 1 saturated heterocycles. The highest BCUT2D eigenvalue weighted by molar-refractivity contribution is 5.74. The number of nitrogens with one attached hydrogen (secondary N) is 1. The van der Waals surface area contributed by atoms with Crippen LogP contribution >= 0.6 is 0 Å². The monoisotopic (exact) mass is 317 g/mol. The first-order chi connectivity index (χ1) is 11.1. The Morgan fingerprint density at radius 3 is 3.17 bits per heavy atom. The fraction of sp³-hybridized carbons (Fsp3) is 0.667. The SMILES string of the molecule is Cc1cnccc1CCNC(=O)N1CCC2(O)CCCCC2C1. The van der Waals surface area contributed by atoms with Gasteiger partial charge in [-0.1, -0.05) is 12.8 Å². The Balaban J connectivity index is 1.48. The number of pyridine rings is 1. The van der Waals surface area contributed by atoms with Crippen molar-refractivity contribution in [2.75, 3.05) is 19.6 Å². The van der Waals surface area contributed by atoms with E-state index in [2.05, 4.69) is 10.3 Å². The molecule has 23 heavy (non-hydrogen) atoms. The molecule has 2 aliphatic rings. The molecule has 2 heterocycles. The van der Waals surface area contributed by atoms with Gasteiger partial charge in [-0.05, 0) is 49.8 Å². The number of fused-ring (bicyclic) bond motifs is 1. The number of piperidine rings is 1. The second-order valence-corrected chi connectivity index (χ2v) is 7.03. The zero-order valence-electron chi connectivity index (χ0n) is 13.9. The molecular weight excluding hydrogens is 290 g/mol. The molecule has 1 saturated carbocycles. The van der Waals surface area contributed by atoms with E-state index in [1.54, 1.807) is 6.20 Å². The Hall–Kier alpha value is -1.62. The number of rotatable bonds is 3. The van der Waals surface area contributed by atoms with Crippen LogP contribution in [-0.4, -0.2) is 46.3 Å². The van der Waals surface area contributed by atoms with Crippen molar-refractivity contribution in [3.05, 3.63) is 29.6 Å². The summed E-state index contributed by atoms with van der Waals surface area (Å²) in [6.07, 6.45) is 9.40. The number of urea groups is 1. The highest BCUT2D eigenvalue weighted by Gasteiger charge is 2.43. The van der Waals surface area contributed by atoms with E-state index in [9.17, 15) is 9.90 Å². The molecule has 2 amide bonds. The van der Waals surface area contributed by atoms with Gasteiger partial charge in [0.25, 0.3) is 0 Å². The Bertz CT molecular complexity index is 563. The average Bonchev–Trinajstić information content (AvgIpc) is 2.55. The minimum absolute atomic E-state index is 0.00401. The van der Waals surface area contributed by atoms with Crippen molar-refractivity contribution < 1.29 is 9.90 Å². The van der Waals surface area contributed by atoms with Crippen LogP contribution in [0.4, 0.5) is 4.79 Å². The third-order valence-electron chi connectivity index (χ3n) is 5.52. The molecule has 2 atom stereocenters. The predicted molar refractivity (Wildman–Crippen MR) is 89.2 cm³/mol. The third-order valence-corrected chi connectivity index (χ3v) is 5.52. The fourth-order valence-electron chi connectivity index (χ4n) is 3.95. The minimum atomic E-state index is -0.525. The Morgan fingerprint density at radius 1 is 1.48 bits per heavy atom. The minimum Gasteiger partial charge on any atom is -0.389 e. The number of carbonyl (C=O) groups is 1. The van der Waals surface area contributed by atoms with Crippen molar-refractivity contribution in [1.29, 1.82) is 0 Å². The van der Waals surface area contributed by atoms with Crippen LogP contribution in [0.2, 0.25) is 0 Å². The van der Waals surface area contributed by atoms with Crippen molar-refractivity contribution in [3.63, 3.8) is 0 Å². The summed E-state index contributed by atoms with van der Waals surface area (Å²) in [5.74, 6) is 0.248. The molecule has 5 heteroatoms. The standard InChI is InChI=1S/C18H27N3O2/c1-14-12-19-9-5-15(14)6-10-20-17(22)21-11-8-18(23)7-3-2-4-16(18)13-21/h5,9,12,16,23H,2-4,6-8,10-11,13H2,1H3,(H,20,22). The van der Waals surface area contributed by atoms with Crippen LogP contribution in [0.1, 0.15) is 43.2 Å². The van der Waals surface area contributed by atoms with E-state index < -0.39 is 5.60 Å². The lowest BCUT2D eigenvalue weighted by Crippen LogP contribution is -2.56. The Labute approximate surface area is 138 Å². The Kier molecular flexibility index (Phi) is 4.85. The smallest absolute Gasteiger partial charge is 0.317 e. The first-order valence-corrected chi connectivity index (χ1v) is 8.73. The van der Waals surface area contributed by atoms with Crippen LogP contribution in [0.25, 0.3) is 0 Å². The molecule has 126 valence electrons. The van der Waals surface area contributed by atoms with Gasteiger partial charge in [0.05, 0.1) is 5.60 Å². The van der Waals surface area contributed by atoms with Gasteiger partial charge in [-0.2, -0.15) is 0 Å². The predicted octanol–water partition coefficient (Wildman–Crippen LogP) is 2.27. The maximum atomic E-state index is 12.4. The van der Waals surface area contributed by atoms with Crippen molar-refractivity contribution in [2.45, 2.75) is 51.0 Å². The second-order valence-electron chi connectivity index (χ2n) is 7.03. The van der Waals surface area contributed by atoms with Crippen LogP contribution in [0, 0.1) is 12.8 Å². The average molecular weight is 317 g/mol. The lowest BCUT2D eigenvalue weighted by atomic mass is 9.71. The van der Waals surface area contributed by atoms with E-state index in [-0.39, 0.29) is 11.9 Å². The van der Waals surface area contributed by atoms with E-state index in [0.29, 0.717) is 26.1 Å². The number of amides is 2. The summed E-state index contributed by atoms with van der Waals surface area (Å²) in [5, 5.41) is 13.7. The van der Waals surface area contributed by atoms with E-state index in [1.807, 2.05) is 24.1 Å². The summed E-state index contributed by atoms with van der Waals surface area (Å²) in [6, 6.07) is 2.01. The van der Waals surface area contributed by atoms with Crippen LogP contribution in [-0.2, 0) is 6.42 Å². The number of hydrogen-bond acceptors (Lipinski definition) is 3. The summed E-state index contributed by atoms with van der Waals surface area (Å²) < 4.78 is 0. The first-order valence-electron chi connectivity index (χ1n) is 8.73. The van der Waals surface area contributed by atoms with Gasteiger partial charge in [0.1, 0.15) is 0 Å². The van der Waals surface area contributed by atoms with Crippen LogP contribution in [0.15, 0.2) is 18.5 Å². The van der Waals surface area contributed by atoms with E-state index in [4.69, 9.17) is 0 Å². The second kappa shape index (κ2) is 6.87. The van der Waals surface area contributed by atoms with Crippen LogP contribution in [0.5, 0.6) is 0 Å².